The number of esters is 1. The Morgan fingerprint density at radius 3 is 2.70 bits per heavy atom. The van der Waals surface area contributed by atoms with Crippen LogP contribution in [0.2, 0.25) is 0 Å². The van der Waals surface area contributed by atoms with E-state index in [1.54, 1.807) is 12.1 Å². The van der Waals surface area contributed by atoms with E-state index >= 15 is 0 Å². The van der Waals surface area contributed by atoms with Gasteiger partial charge < -0.3 is 9.64 Å². The summed E-state index contributed by atoms with van der Waals surface area (Å²) in [7, 11) is 1.28. The van der Waals surface area contributed by atoms with Gasteiger partial charge in [-0.3, -0.25) is 10.1 Å². The Morgan fingerprint density at radius 1 is 1.40 bits per heavy atom. The second-order valence-electron chi connectivity index (χ2n) is 4.56. The van der Waals surface area contributed by atoms with Gasteiger partial charge >= 0.3 is 5.97 Å². The lowest BCUT2D eigenvalue weighted by Gasteiger charge is -2.17. The van der Waals surface area contributed by atoms with Crippen LogP contribution >= 0.6 is 0 Å². The van der Waals surface area contributed by atoms with E-state index in [2.05, 4.69) is 4.74 Å². The standard InChI is InChI=1S/C14H16N2O4/c1-20-14(17)7-5-11-4-6-12(13(10-11)16(18)19)15-8-2-3-9-15/h4-7,10H,2-3,8-9H2,1H3/b7-5-. The van der Waals surface area contributed by atoms with E-state index < -0.39 is 5.97 Å². The third-order valence-corrected chi connectivity index (χ3v) is 3.26. The van der Waals surface area contributed by atoms with Crippen molar-refractivity contribution in [3.63, 3.8) is 0 Å². The number of nitro groups is 1. The molecular formula is C14H16N2O4. The largest absolute Gasteiger partial charge is 0.466 e. The van der Waals surface area contributed by atoms with Crippen molar-refractivity contribution in [2.75, 3.05) is 25.1 Å². The molecule has 0 unspecified atom stereocenters. The third kappa shape index (κ3) is 3.14. The number of nitrogens with zero attached hydrogens (tertiary/aromatic N) is 2. The summed E-state index contributed by atoms with van der Waals surface area (Å²) in [6.07, 6.45) is 4.86. The first kappa shape index (κ1) is 14.0. The SMILES string of the molecule is COC(=O)/C=C\c1ccc(N2CCCC2)c([N+](=O)[O-])c1. The van der Waals surface area contributed by atoms with Crippen molar-refractivity contribution in [2.24, 2.45) is 0 Å². The summed E-state index contributed by atoms with van der Waals surface area (Å²) >= 11 is 0. The second-order valence-corrected chi connectivity index (χ2v) is 4.56. The van der Waals surface area contributed by atoms with E-state index in [0.717, 1.165) is 25.9 Å². The summed E-state index contributed by atoms with van der Waals surface area (Å²) in [6, 6.07) is 4.98. The number of nitro benzene ring substituents is 1. The first-order valence-electron chi connectivity index (χ1n) is 6.41. The maximum atomic E-state index is 11.2. The monoisotopic (exact) mass is 276 g/mol. The fraction of sp³-hybridized carbons (Fsp3) is 0.357. The first-order valence-corrected chi connectivity index (χ1v) is 6.41. The van der Waals surface area contributed by atoms with Crippen LogP contribution in [-0.4, -0.2) is 31.1 Å². The molecule has 0 amide bonds. The smallest absolute Gasteiger partial charge is 0.330 e. The van der Waals surface area contributed by atoms with E-state index in [1.165, 1.54) is 25.3 Å². The minimum Gasteiger partial charge on any atom is -0.466 e. The van der Waals surface area contributed by atoms with E-state index in [0.29, 0.717) is 11.3 Å². The highest BCUT2D eigenvalue weighted by Gasteiger charge is 2.22. The number of anilines is 1. The average Bonchev–Trinajstić information content (AvgIpc) is 2.98. The van der Waals surface area contributed by atoms with E-state index in [4.69, 9.17) is 0 Å². The van der Waals surface area contributed by atoms with Gasteiger partial charge in [0.15, 0.2) is 0 Å². The van der Waals surface area contributed by atoms with Crippen LogP contribution in [-0.2, 0) is 9.53 Å². The lowest BCUT2D eigenvalue weighted by Crippen LogP contribution is -2.18. The molecule has 0 spiro atoms. The molecular weight excluding hydrogens is 260 g/mol. The molecule has 1 fully saturated rings. The van der Waals surface area contributed by atoms with Crippen LogP contribution in [0, 0.1) is 10.1 Å². The van der Waals surface area contributed by atoms with Crippen molar-refractivity contribution in [3.05, 3.63) is 40.0 Å². The minimum atomic E-state index is -0.490. The predicted octanol–water partition coefficient (Wildman–Crippen LogP) is 2.38. The average molecular weight is 276 g/mol. The maximum absolute atomic E-state index is 11.2. The molecule has 6 heteroatoms. The third-order valence-electron chi connectivity index (χ3n) is 3.26. The lowest BCUT2D eigenvalue weighted by atomic mass is 10.1. The highest BCUT2D eigenvalue weighted by Crippen LogP contribution is 2.31. The van der Waals surface area contributed by atoms with Gasteiger partial charge in [-0.25, -0.2) is 4.79 Å². The first-order chi connectivity index (χ1) is 9.61. The number of hydrogen-bond donors (Lipinski definition) is 0. The molecule has 0 N–H and O–H groups in total. The van der Waals surface area contributed by atoms with Crippen molar-refractivity contribution in [3.8, 4) is 0 Å². The molecule has 20 heavy (non-hydrogen) atoms. The lowest BCUT2D eigenvalue weighted by molar-refractivity contribution is -0.384. The molecule has 0 aromatic heterocycles. The number of rotatable bonds is 4. The summed E-state index contributed by atoms with van der Waals surface area (Å²) in [5, 5.41) is 11.2. The molecule has 0 radical (unpaired) electrons. The van der Waals surface area contributed by atoms with Gasteiger partial charge in [-0.2, -0.15) is 0 Å². The molecule has 1 aliphatic heterocycles. The van der Waals surface area contributed by atoms with Gasteiger partial charge in [0, 0.05) is 25.2 Å². The van der Waals surface area contributed by atoms with Crippen LogP contribution in [0.1, 0.15) is 18.4 Å². The van der Waals surface area contributed by atoms with Gasteiger partial charge in [-0.1, -0.05) is 6.07 Å². The molecule has 1 aromatic rings. The molecule has 106 valence electrons. The molecule has 2 rings (SSSR count). The molecule has 1 aliphatic rings. The molecule has 1 saturated heterocycles. The quantitative estimate of drug-likeness (QED) is 0.365. The Morgan fingerprint density at radius 2 is 2.10 bits per heavy atom. The Bertz CT molecular complexity index is 548. The number of carbonyl (C=O) groups excluding carboxylic acids is 1. The zero-order chi connectivity index (χ0) is 14.5. The summed E-state index contributed by atoms with van der Waals surface area (Å²) < 4.78 is 4.49. The van der Waals surface area contributed by atoms with E-state index in [1.807, 2.05) is 4.90 Å². The molecule has 1 heterocycles. The molecule has 0 bridgehead atoms. The Kier molecular flexibility index (Phi) is 4.34. The van der Waals surface area contributed by atoms with Gasteiger partial charge in [0.2, 0.25) is 0 Å². The fourth-order valence-corrected chi connectivity index (χ4v) is 2.25. The van der Waals surface area contributed by atoms with Gasteiger partial charge in [-0.15, -0.1) is 0 Å². The normalized spacial score (nSPS) is 14.8. The van der Waals surface area contributed by atoms with E-state index in [9.17, 15) is 14.9 Å². The summed E-state index contributed by atoms with van der Waals surface area (Å²) in [4.78, 5) is 23.9. The zero-order valence-corrected chi connectivity index (χ0v) is 11.2. The van der Waals surface area contributed by atoms with Crippen molar-refractivity contribution in [1.82, 2.24) is 0 Å². The van der Waals surface area contributed by atoms with Crippen LogP contribution in [0.3, 0.4) is 0 Å². The highest BCUT2D eigenvalue weighted by molar-refractivity contribution is 5.87. The van der Waals surface area contributed by atoms with Crippen molar-refractivity contribution in [2.45, 2.75) is 12.8 Å². The predicted molar refractivity (Wildman–Crippen MR) is 75.6 cm³/mol. The van der Waals surface area contributed by atoms with Crippen LogP contribution in [0.25, 0.3) is 6.08 Å². The topological polar surface area (TPSA) is 72.7 Å². The summed E-state index contributed by atoms with van der Waals surface area (Å²) in [5.41, 5.74) is 1.31. The minimum absolute atomic E-state index is 0.0684. The van der Waals surface area contributed by atoms with Crippen LogP contribution in [0.4, 0.5) is 11.4 Å². The molecule has 0 aliphatic carbocycles. The second kappa shape index (κ2) is 6.18. The molecule has 0 saturated carbocycles. The number of methoxy groups -OCH3 is 1. The van der Waals surface area contributed by atoms with E-state index in [-0.39, 0.29) is 10.6 Å². The zero-order valence-electron chi connectivity index (χ0n) is 11.2. The van der Waals surface area contributed by atoms with Crippen molar-refractivity contribution < 1.29 is 14.5 Å². The van der Waals surface area contributed by atoms with Crippen LogP contribution < -0.4 is 4.90 Å². The Balaban J connectivity index is 2.30. The van der Waals surface area contributed by atoms with Crippen molar-refractivity contribution >= 4 is 23.4 Å². The number of carbonyl (C=O) groups is 1. The maximum Gasteiger partial charge on any atom is 0.330 e. The summed E-state index contributed by atoms with van der Waals surface area (Å²) in [5.74, 6) is -0.490. The van der Waals surface area contributed by atoms with Crippen LogP contribution in [0.15, 0.2) is 24.3 Å². The van der Waals surface area contributed by atoms with Gasteiger partial charge in [0.25, 0.3) is 5.69 Å². The Labute approximate surface area is 116 Å². The molecule has 0 atom stereocenters. The van der Waals surface area contributed by atoms with Crippen molar-refractivity contribution in [1.29, 1.82) is 0 Å². The van der Waals surface area contributed by atoms with Gasteiger partial charge in [-0.05, 0) is 30.5 Å². The number of benzene rings is 1. The fourth-order valence-electron chi connectivity index (χ4n) is 2.25. The van der Waals surface area contributed by atoms with Crippen LogP contribution in [0.5, 0.6) is 0 Å². The Hall–Kier alpha value is -2.37. The van der Waals surface area contributed by atoms with Gasteiger partial charge in [0.1, 0.15) is 5.69 Å². The number of hydrogen-bond acceptors (Lipinski definition) is 5. The highest BCUT2D eigenvalue weighted by atomic mass is 16.6. The molecule has 1 aromatic carbocycles. The number of ether oxygens (including phenoxy) is 1. The summed E-state index contributed by atoms with van der Waals surface area (Å²) in [6.45, 7) is 1.69. The molecule has 6 nitrogen and oxygen atoms in total. The van der Waals surface area contributed by atoms with Gasteiger partial charge in [0.05, 0.1) is 12.0 Å².